The van der Waals surface area contributed by atoms with Gasteiger partial charge in [0.1, 0.15) is 0 Å². The monoisotopic (exact) mass is 541 g/mol. The zero-order chi connectivity index (χ0) is 21.5. The Bertz CT molecular complexity index is 1170. The van der Waals surface area contributed by atoms with Gasteiger partial charge in [0.15, 0.2) is 9.45 Å². The number of fused-ring (bicyclic) bond motifs is 1. The molecular formula is C21H15BrCl3N3OS. The predicted octanol–water partition coefficient (Wildman–Crippen LogP) is 6.82. The first-order valence-electron chi connectivity index (χ1n) is 8.68. The SMILES string of the molecule is ClC(Cl)Cl.O=c1c2cc(Br)ccc2nc(SCc2ccccn2)n1-c1ccccc1. The van der Waals surface area contributed by atoms with Gasteiger partial charge >= 0.3 is 0 Å². The molecule has 0 bridgehead atoms. The maximum atomic E-state index is 13.2. The molecule has 0 saturated heterocycles. The number of hydrogen-bond acceptors (Lipinski definition) is 4. The van der Waals surface area contributed by atoms with Crippen LogP contribution in [0.1, 0.15) is 5.69 Å². The molecule has 0 unspecified atom stereocenters. The van der Waals surface area contributed by atoms with Crippen LogP contribution in [0.25, 0.3) is 16.6 Å². The number of aromatic nitrogens is 3. The number of halogens is 4. The largest absolute Gasteiger partial charge is 0.268 e. The minimum Gasteiger partial charge on any atom is -0.268 e. The highest BCUT2D eigenvalue weighted by atomic mass is 79.9. The lowest BCUT2D eigenvalue weighted by molar-refractivity contribution is 0.819. The number of nitrogens with zero attached hydrogens (tertiary/aromatic N) is 3. The highest BCUT2D eigenvalue weighted by Gasteiger charge is 2.14. The Morgan fingerprint density at radius 1 is 1.00 bits per heavy atom. The lowest BCUT2D eigenvalue weighted by atomic mass is 10.2. The van der Waals surface area contributed by atoms with Gasteiger partial charge in [0.05, 0.1) is 22.3 Å². The molecule has 2 heterocycles. The van der Waals surface area contributed by atoms with E-state index in [0.717, 1.165) is 15.9 Å². The maximum absolute atomic E-state index is 13.2. The summed E-state index contributed by atoms with van der Waals surface area (Å²) < 4.78 is 1.78. The van der Waals surface area contributed by atoms with Crippen molar-refractivity contribution in [3.8, 4) is 5.69 Å². The van der Waals surface area contributed by atoms with Gasteiger partial charge in [-0.2, -0.15) is 0 Å². The Morgan fingerprint density at radius 2 is 1.70 bits per heavy atom. The first-order valence-corrected chi connectivity index (χ1v) is 11.8. The van der Waals surface area contributed by atoms with Crippen LogP contribution in [0.3, 0.4) is 0 Å². The Morgan fingerprint density at radius 3 is 2.37 bits per heavy atom. The third-order valence-corrected chi connectivity index (χ3v) is 5.35. The molecule has 9 heteroatoms. The molecular weight excluding hydrogens is 529 g/mol. The van der Waals surface area contributed by atoms with Crippen molar-refractivity contribution in [2.24, 2.45) is 0 Å². The van der Waals surface area contributed by atoms with Crippen molar-refractivity contribution in [1.29, 1.82) is 0 Å². The van der Waals surface area contributed by atoms with Crippen LogP contribution in [0.4, 0.5) is 0 Å². The van der Waals surface area contributed by atoms with E-state index < -0.39 is 4.30 Å². The van der Waals surface area contributed by atoms with E-state index in [1.165, 1.54) is 11.8 Å². The summed E-state index contributed by atoms with van der Waals surface area (Å²) >= 11 is 19.4. The van der Waals surface area contributed by atoms with Crippen LogP contribution < -0.4 is 5.56 Å². The lowest BCUT2D eigenvalue weighted by Gasteiger charge is -2.13. The van der Waals surface area contributed by atoms with E-state index in [0.29, 0.717) is 21.8 Å². The molecule has 4 rings (SSSR count). The third-order valence-electron chi connectivity index (χ3n) is 3.89. The number of thioether (sulfide) groups is 1. The third kappa shape index (κ3) is 6.22. The van der Waals surface area contributed by atoms with Crippen LogP contribution in [0.15, 0.2) is 87.4 Å². The second-order valence-electron chi connectivity index (χ2n) is 5.89. The molecule has 154 valence electrons. The molecule has 2 aromatic carbocycles. The molecule has 0 spiro atoms. The molecule has 0 radical (unpaired) electrons. The summed E-state index contributed by atoms with van der Waals surface area (Å²) in [4.78, 5) is 22.3. The number of hydrogen-bond donors (Lipinski definition) is 0. The van der Waals surface area contributed by atoms with Crippen molar-refractivity contribution in [3.63, 3.8) is 0 Å². The van der Waals surface area contributed by atoms with Gasteiger partial charge in [0.25, 0.3) is 5.56 Å². The van der Waals surface area contributed by atoms with Gasteiger partial charge in [-0.15, -0.1) is 0 Å². The summed E-state index contributed by atoms with van der Waals surface area (Å²) in [6.07, 6.45) is 1.77. The van der Waals surface area contributed by atoms with E-state index in [1.54, 1.807) is 10.8 Å². The van der Waals surface area contributed by atoms with Crippen molar-refractivity contribution in [2.75, 3.05) is 0 Å². The van der Waals surface area contributed by atoms with E-state index in [1.807, 2.05) is 66.7 Å². The first-order chi connectivity index (χ1) is 14.5. The summed E-state index contributed by atoms with van der Waals surface area (Å²) in [6, 6.07) is 21.0. The van der Waals surface area contributed by atoms with Gasteiger partial charge < -0.3 is 0 Å². The zero-order valence-corrected chi connectivity index (χ0v) is 20.1. The summed E-state index contributed by atoms with van der Waals surface area (Å²) in [6.45, 7) is 0. The van der Waals surface area contributed by atoms with Gasteiger partial charge in [-0.1, -0.05) is 86.8 Å². The van der Waals surface area contributed by atoms with Crippen LogP contribution in [-0.2, 0) is 5.75 Å². The lowest BCUT2D eigenvalue weighted by Crippen LogP contribution is -2.21. The van der Waals surface area contributed by atoms with Gasteiger partial charge in [-0.05, 0) is 42.5 Å². The van der Waals surface area contributed by atoms with E-state index >= 15 is 0 Å². The Hall–Kier alpha value is -1.57. The Labute approximate surface area is 201 Å². The smallest absolute Gasteiger partial charge is 0.266 e. The zero-order valence-electron chi connectivity index (χ0n) is 15.4. The fraction of sp³-hybridized carbons (Fsp3) is 0.0952. The van der Waals surface area contributed by atoms with E-state index in [9.17, 15) is 4.79 Å². The van der Waals surface area contributed by atoms with Gasteiger partial charge in [-0.25, -0.2) is 4.98 Å². The number of pyridine rings is 1. The van der Waals surface area contributed by atoms with E-state index in [-0.39, 0.29) is 5.56 Å². The average molecular weight is 544 g/mol. The predicted molar refractivity (Wildman–Crippen MR) is 130 cm³/mol. The number of para-hydroxylation sites is 1. The van der Waals surface area contributed by atoms with Crippen LogP contribution in [0, 0.1) is 0 Å². The second-order valence-corrected chi connectivity index (χ2v) is 9.73. The summed E-state index contributed by atoms with van der Waals surface area (Å²) in [5, 5.41) is 1.24. The van der Waals surface area contributed by atoms with Crippen molar-refractivity contribution < 1.29 is 0 Å². The summed E-state index contributed by atoms with van der Waals surface area (Å²) in [5.74, 6) is 0.641. The molecule has 0 aliphatic carbocycles. The van der Waals surface area contributed by atoms with Crippen molar-refractivity contribution in [1.82, 2.24) is 14.5 Å². The van der Waals surface area contributed by atoms with Crippen LogP contribution in [0.5, 0.6) is 0 Å². The number of rotatable bonds is 4. The standard InChI is InChI=1S/C20H14BrN3OS.CHCl3/c21-14-9-10-18-17(12-14)19(25)24(16-7-2-1-3-8-16)20(23-18)26-13-15-6-4-5-11-22-15;2-1(3)4/h1-12H,13H2;1H. The molecule has 0 atom stereocenters. The van der Waals surface area contributed by atoms with Crippen molar-refractivity contribution >= 4 is 73.4 Å². The molecule has 0 saturated carbocycles. The fourth-order valence-corrected chi connectivity index (χ4v) is 3.95. The minimum absolute atomic E-state index is 0.0778. The minimum atomic E-state index is -0.750. The van der Waals surface area contributed by atoms with Crippen LogP contribution in [-0.4, -0.2) is 18.8 Å². The normalized spacial score (nSPS) is 10.7. The molecule has 4 nitrogen and oxygen atoms in total. The first kappa shape index (κ1) is 23.1. The molecule has 0 fully saturated rings. The molecule has 0 aliphatic heterocycles. The van der Waals surface area contributed by atoms with Crippen LogP contribution >= 0.6 is 62.5 Å². The average Bonchev–Trinajstić information content (AvgIpc) is 2.74. The highest BCUT2D eigenvalue weighted by Crippen LogP contribution is 2.25. The van der Waals surface area contributed by atoms with Gasteiger partial charge in [-0.3, -0.25) is 14.3 Å². The Kier molecular flexibility index (Phi) is 8.60. The molecule has 30 heavy (non-hydrogen) atoms. The summed E-state index contributed by atoms with van der Waals surface area (Å²) in [7, 11) is 0. The molecule has 0 amide bonds. The number of alkyl halides is 3. The van der Waals surface area contributed by atoms with Gasteiger partial charge in [0, 0.05) is 16.4 Å². The summed E-state index contributed by atoms with van der Waals surface area (Å²) in [5.41, 5.74) is 2.36. The molecule has 0 N–H and O–H groups in total. The van der Waals surface area contributed by atoms with E-state index in [2.05, 4.69) is 20.9 Å². The molecule has 4 aromatic rings. The topological polar surface area (TPSA) is 47.8 Å². The fourth-order valence-electron chi connectivity index (χ4n) is 2.66. The quantitative estimate of drug-likeness (QED) is 0.161. The maximum Gasteiger partial charge on any atom is 0.266 e. The second kappa shape index (κ2) is 11.2. The van der Waals surface area contributed by atoms with Crippen molar-refractivity contribution in [2.45, 2.75) is 15.2 Å². The Balaban J connectivity index is 0.000000589. The number of benzene rings is 2. The van der Waals surface area contributed by atoms with E-state index in [4.69, 9.17) is 39.8 Å². The van der Waals surface area contributed by atoms with Crippen molar-refractivity contribution in [3.05, 3.63) is 93.4 Å². The van der Waals surface area contributed by atoms with Gasteiger partial charge in [0.2, 0.25) is 0 Å². The molecule has 2 aromatic heterocycles. The molecule has 0 aliphatic rings. The highest BCUT2D eigenvalue weighted by molar-refractivity contribution is 9.10. The van der Waals surface area contributed by atoms with Crippen LogP contribution in [0.2, 0.25) is 0 Å².